The molecule has 2 nitrogen and oxygen atoms in total. The van der Waals surface area contributed by atoms with E-state index in [1.54, 1.807) is 12.1 Å². The molecular formula is C14H11BrF2INO. The Morgan fingerprint density at radius 3 is 2.50 bits per heavy atom. The van der Waals surface area contributed by atoms with Gasteiger partial charge in [0.25, 0.3) is 0 Å². The first kappa shape index (κ1) is 15.5. The standard InChI is InChI=1S/C14H11BrF2INO/c15-10-1-6-13(20-14(16)17)9(7-10)8-19-12-4-2-11(18)3-5-12/h1-7,14,19H,8H2. The summed E-state index contributed by atoms with van der Waals surface area (Å²) in [6.07, 6.45) is 0. The summed E-state index contributed by atoms with van der Waals surface area (Å²) in [6, 6.07) is 12.8. The highest BCUT2D eigenvalue weighted by atomic mass is 127. The number of ether oxygens (including phenoxy) is 1. The molecule has 0 aliphatic rings. The Labute approximate surface area is 137 Å². The van der Waals surface area contributed by atoms with Crippen molar-refractivity contribution in [3.63, 3.8) is 0 Å². The lowest BCUT2D eigenvalue weighted by molar-refractivity contribution is -0.0504. The van der Waals surface area contributed by atoms with Gasteiger partial charge < -0.3 is 10.1 Å². The molecule has 0 aliphatic carbocycles. The second kappa shape index (κ2) is 7.21. The first-order chi connectivity index (χ1) is 9.54. The van der Waals surface area contributed by atoms with E-state index >= 15 is 0 Å². The minimum Gasteiger partial charge on any atom is -0.434 e. The number of benzene rings is 2. The Kier molecular flexibility index (Phi) is 5.59. The van der Waals surface area contributed by atoms with Gasteiger partial charge in [0, 0.05) is 25.8 Å². The van der Waals surface area contributed by atoms with Gasteiger partial charge in [-0.25, -0.2) is 0 Å². The van der Waals surface area contributed by atoms with Gasteiger partial charge in [0.05, 0.1) is 0 Å². The maximum Gasteiger partial charge on any atom is 0.387 e. The van der Waals surface area contributed by atoms with E-state index in [2.05, 4.69) is 48.6 Å². The molecule has 0 fully saturated rings. The van der Waals surface area contributed by atoms with E-state index in [-0.39, 0.29) is 5.75 Å². The van der Waals surface area contributed by atoms with E-state index in [1.165, 1.54) is 6.07 Å². The summed E-state index contributed by atoms with van der Waals surface area (Å²) >= 11 is 5.55. The quantitative estimate of drug-likeness (QED) is 0.623. The van der Waals surface area contributed by atoms with Crippen molar-refractivity contribution in [3.8, 4) is 5.75 Å². The summed E-state index contributed by atoms with van der Waals surface area (Å²) in [6.45, 7) is -2.42. The topological polar surface area (TPSA) is 21.3 Å². The van der Waals surface area contributed by atoms with Gasteiger partial charge in [0.15, 0.2) is 0 Å². The van der Waals surface area contributed by atoms with E-state index in [4.69, 9.17) is 0 Å². The molecule has 2 aromatic rings. The first-order valence-corrected chi connectivity index (χ1v) is 7.64. The number of halogens is 4. The fourth-order valence-corrected chi connectivity index (χ4v) is 2.43. The number of alkyl halides is 2. The third-order valence-electron chi connectivity index (χ3n) is 2.57. The number of nitrogens with one attached hydrogen (secondary N) is 1. The van der Waals surface area contributed by atoms with Gasteiger partial charge in [-0.15, -0.1) is 0 Å². The lowest BCUT2D eigenvalue weighted by atomic mass is 10.2. The summed E-state index contributed by atoms with van der Waals surface area (Å²) in [5.41, 5.74) is 1.59. The molecule has 0 amide bonds. The van der Waals surface area contributed by atoms with Crippen molar-refractivity contribution in [2.45, 2.75) is 13.2 Å². The highest BCUT2D eigenvalue weighted by molar-refractivity contribution is 14.1. The Balaban J connectivity index is 2.11. The van der Waals surface area contributed by atoms with Crippen LogP contribution >= 0.6 is 38.5 Å². The van der Waals surface area contributed by atoms with Gasteiger partial charge in [0.2, 0.25) is 0 Å². The van der Waals surface area contributed by atoms with Gasteiger partial charge in [0.1, 0.15) is 5.75 Å². The minimum atomic E-state index is -2.83. The molecule has 106 valence electrons. The van der Waals surface area contributed by atoms with Gasteiger partial charge in [-0.1, -0.05) is 15.9 Å². The van der Waals surface area contributed by atoms with E-state index in [0.717, 1.165) is 13.7 Å². The summed E-state index contributed by atoms with van der Waals surface area (Å²) < 4.78 is 31.2. The Bertz CT molecular complexity index is 578. The molecule has 0 unspecified atom stereocenters. The maximum absolute atomic E-state index is 12.4. The molecule has 2 rings (SSSR count). The van der Waals surface area contributed by atoms with E-state index in [1.807, 2.05) is 24.3 Å². The van der Waals surface area contributed by atoms with Crippen molar-refractivity contribution in [1.82, 2.24) is 0 Å². The summed E-state index contributed by atoms with van der Waals surface area (Å²) in [4.78, 5) is 0. The van der Waals surface area contributed by atoms with Crippen LogP contribution < -0.4 is 10.1 Å². The predicted molar refractivity (Wildman–Crippen MR) is 87.3 cm³/mol. The second-order valence-corrected chi connectivity index (χ2v) is 6.15. The minimum absolute atomic E-state index is 0.182. The molecule has 0 heterocycles. The number of hydrogen-bond donors (Lipinski definition) is 1. The smallest absolute Gasteiger partial charge is 0.387 e. The highest BCUT2D eigenvalue weighted by Crippen LogP contribution is 2.25. The number of anilines is 1. The van der Waals surface area contributed by atoms with E-state index in [9.17, 15) is 8.78 Å². The lowest BCUT2D eigenvalue weighted by Gasteiger charge is -2.12. The zero-order valence-electron chi connectivity index (χ0n) is 10.2. The Morgan fingerprint density at radius 2 is 1.85 bits per heavy atom. The van der Waals surface area contributed by atoms with Crippen LogP contribution in [0.4, 0.5) is 14.5 Å². The fourth-order valence-electron chi connectivity index (χ4n) is 1.66. The van der Waals surface area contributed by atoms with Crippen LogP contribution in [-0.4, -0.2) is 6.61 Å². The van der Waals surface area contributed by atoms with Crippen molar-refractivity contribution in [3.05, 3.63) is 56.1 Å². The van der Waals surface area contributed by atoms with Crippen molar-refractivity contribution in [1.29, 1.82) is 0 Å². The molecule has 1 N–H and O–H groups in total. The molecule has 0 bridgehead atoms. The molecule has 0 spiro atoms. The van der Waals surface area contributed by atoms with E-state index in [0.29, 0.717) is 12.1 Å². The van der Waals surface area contributed by atoms with Gasteiger partial charge in [-0.3, -0.25) is 0 Å². The summed E-state index contributed by atoms with van der Waals surface area (Å²) in [7, 11) is 0. The molecule has 0 aromatic heterocycles. The highest BCUT2D eigenvalue weighted by Gasteiger charge is 2.10. The third kappa shape index (κ3) is 4.59. The predicted octanol–water partition coefficient (Wildman–Crippen LogP) is 5.27. The average molecular weight is 454 g/mol. The molecule has 2 aromatic carbocycles. The average Bonchev–Trinajstić information content (AvgIpc) is 2.40. The van der Waals surface area contributed by atoms with Crippen LogP contribution in [0, 0.1) is 3.57 Å². The largest absolute Gasteiger partial charge is 0.434 e. The van der Waals surface area contributed by atoms with Crippen LogP contribution in [0.3, 0.4) is 0 Å². The van der Waals surface area contributed by atoms with Crippen LogP contribution in [0.5, 0.6) is 5.75 Å². The summed E-state index contributed by atoms with van der Waals surface area (Å²) in [5.74, 6) is 0.182. The van der Waals surface area contributed by atoms with Crippen LogP contribution in [0.1, 0.15) is 5.56 Å². The van der Waals surface area contributed by atoms with Gasteiger partial charge in [-0.05, 0) is 65.1 Å². The van der Waals surface area contributed by atoms with Crippen LogP contribution in [0.2, 0.25) is 0 Å². The Morgan fingerprint density at radius 1 is 1.15 bits per heavy atom. The van der Waals surface area contributed by atoms with Crippen molar-refractivity contribution in [2.75, 3.05) is 5.32 Å². The van der Waals surface area contributed by atoms with Crippen molar-refractivity contribution >= 4 is 44.2 Å². The van der Waals surface area contributed by atoms with Crippen LogP contribution in [0.25, 0.3) is 0 Å². The van der Waals surface area contributed by atoms with Crippen LogP contribution in [-0.2, 0) is 6.54 Å². The third-order valence-corrected chi connectivity index (χ3v) is 3.78. The van der Waals surface area contributed by atoms with Crippen molar-refractivity contribution in [2.24, 2.45) is 0 Å². The first-order valence-electron chi connectivity index (χ1n) is 5.77. The molecule has 0 atom stereocenters. The second-order valence-electron chi connectivity index (χ2n) is 3.99. The molecule has 0 saturated carbocycles. The molecular weight excluding hydrogens is 443 g/mol. The monoisotopic (exact) mass is 453 g/mol. The van der Waals surface area contributed by atoms with E-state index < -0.39 is 6.61 Å². The Hall–Kier alpha value is -0.890. The molecule has 6 heteroatoms. The normalized spacial score (nSPS) is 10.7. The van der Waals surface area contributed by atoms with Crippen molar-refractivity contribution < 1.29 is 13.5 Å². The maximum atomic E-state index is 12.4. The summed E-state index contributed by atoms with van der Waals surface area (Å²) in [5, 5.41) is 3.18. The molecule has 0 saturated heterocycles. The number of hydrogen-bond acceptors (Lipinski definition) is 2. The zero-order valence-corrected chi connectivity index (χ0v) is 14.0. The van der Waals surface area contributed by atoms with Gasteiger partial charge >= 0.3 is 6.61 Å². The molecule has 20 heavy (non-hydrogen) atoms. The van der Waals surface area contributed by atoms with Crippen LogP contribution in [0.15, 0.2) is 46.9 Å². The van der Waals surface area contributed by atoms with Gasteiger partial charge in [-0.2, -0.15) is 8.78 Å². The fraction of sp³-hybridized carbons (Fsp3) is 0.143. The molecule has 0 aliphatic heterocycles. The molecule has 0 radical (unpaired) electrons. The zero-order chi connectivity index (χ0) is 14.5. The SMILES string of the molecule is FC(F)Oc1ccc(Br)cc1CNc1ccc(I)cc1. The number of rotatable bonds is 5. The lowest BCUT2D eigenvalue weighted by Crippen LogP contribution is -2.07.